The summed E-state index contributed by atoms with van der Waals surface area (Å²) >= 11 is 1.55. The van der Waals surface area contributed by atoms with Gasteiger partial charge in [-0.2, -0.15) is 17.5 Å². The Morgan fingerprint density at radius 2 is 1.94 bits per heavy atom. The lowest BCUT2D eigenvalue weighted by molar-refractivity contribution is -0.138. The molecule has 1 aliphatic heterocycles. The molecule has 2 heterocycles. The highest BCUT2D eigenvalue weighted by Crippen LogP contribution is 2.32. The van der Waals surface area contributed by atoms with Gasteiger partial charge < -0.3 is 4.90 Å². The van der Waals surface area contributed by atoms with Crippen molar-refractivity contribution in [1.82, 2.24) is 9.21 Å². The smallest absolute Gasteiger partial charge is 0.334 e. The molecule has 0 unspecified atom stereocenters. The van der Waals surface area contributed by atoms with Crippen molar-refractivity contribution in [3.05, 3.63) is 64.9 Å². The van der Waals surface area contributed by atoms with Gasteiger partial charge in [0.15, 0.2) is 0 Å². The second-order valence-electron chi connectivity index (χ2n) is 7.29. The maximum atomic E-state index is 13.0. The average molecular weight is 473 g/mol. The first-order valence-electron chi connectivity index (χ1n) is 9.72. The Kier molecular flexibility index (Phi) is 7.23. The lowest BCUT2D eigenvalue weighted by Crippen LogP contribution is -2.44. The summed E-state index contributed by atoms with van der Waals surface area (Å²) in [7, 11) is -4.07. The number of hydrogen-bond acceptors (Lipinski definition) is 4. The molecule has 1 aromatic carbocycles. The quantitative estimate of drug-likeness (QED) is 0.562. The first-order chi connectivity index (χ1) is 14.6. The summed E-state index contributed by atoms with van der Waals surface area (Å²) in [6.07, 6.45) is -2.34. The summed E-state index contributed by atoms with van der Waals surface area (Å²) in [4.78, 5) is 15.3. The van der Waals surface area contributed by atoms with Gasteiger partial charge >= 0.3 is 6.18 Å². The number of carbonyl (C=O) groups is 1. The Balaban J connectivity index is 1.68. The number of thiophene rings is 1. The van der Waals surface area contributed by atoms with Crippen molar-refractivity contribution < 1.29 is 26.4 Å². The number of halogens is 3. The van der Waals surface area contributed by atoms with E-state index >= 15 is 0 Å². The second kappa shape index (κ2) is 9.54. The number of hydrogen-bond donors (Lipinski definition) is 0. The van der Waals surface area contributed by atoms with Gasteiger partial charge in [-0.1, -0.05) is 18.2 Å². The number of rotatable bonds is 7. The van der Waals surface area contributed by atoms with Crippen LogP contribution in [0.3, 0.4) is 0 Å². The van der Waals surface area contributed by atoms with Crippen molar-refractivity contribution in [3.63, 3.8) is 0 Å². The van der Waals surface area contributed by atoms with E-state index in [1.54, 1.807) is 22.3 Å². The fraction of sp³-hybridized carbons (Fsp3) is 0.381. The lowest BCUT2D eigenvalue weighted by atomic mass is 9.96. The van der Waals surface area contributed by atoms with E-state index in [1.165, 1.54) is 0 Å². The Bertz CT molecular complexity index is 1010. The maximum Gasteiger partial charge on any atom is 0.416 e. The molecule has 0 radical (unpaired) electrons. The molecule has 10 heteroatoms. The van der Waals surface area contributed by atoms with Crippen molar-refractivity contribution >= 4 is 27.3 Å². The topological polar surface area (TPSA) is 57.7 Å². The van der Waals surface area contributed by atoms with Crippen molar-refractivity contribution in [3.8, 4) is 0 Å². The molecule has 1 amide bonds. The molecule has 1 aromatic heterocycles. The van der Waals surface area contributed by atoms with E-state index in [9.17, 15) is 26.4 Å². The fourth-order valence-electron chi connectivity index (χ4n) is 3.56. The van der Waals surface area contributed by atoms with Crippen molar-refractivity contribution in [2.45, 2.75) is 30.5 Å². The third-order valence-electron chi connectivity index (χ3n) is 5.19. The molecule has 1 aliphatic rings. The molecule has 5 nitrogen and oxygen atoms in total. The van der Waals surface area contributed by atoms with Crippen LogP contribution in [0.4, 0.5) is 13.2 Å². The molecular formula is C21H23F3N2O3S2. The molecule has 1 fully saturated rings. The summed E-state index contributed by atoms with van der Waals surface area (Å²) in [5.41, 5.74) is -1.01. The van der Waals surface area contributed by atoms with Gasteiger partial charge in [0.2, 0.25) is 15.9 Å². The number of amides is 1. The molecule has 168 valence electrons. The highest BCUT2D eigenvalue weighted by molar-refractivity contribution is 7.89. The zero-order valence-corrected chi connectivity index (χ0v) is 18.3. The van der Waals surface area contributed by atoms with Crippen LogP contribution in [0.5, 0.6) is 0 Å². The van der Waals surface area contributed by atoms with Crippen LogP contribution < -0.4 is 0 Å². The van der Waals surface area contributed by atoms with Gasteiger partial charge in [-0.25, -0.2) is 8.42 Å². The lowest BCUT2D eigenvalue weighted by Gasteiger charge is -2.33. The molecule has 0 spiro atoms. The number of nitrogens with zero attached hydrogens (tertiary/aromatic N) is 2. The van der Waals surface area contributed by atoms with E-state index in [1.807, 2.05) is 17.5 Å². The normalized spacial score (nSPS) is 16.2. The summed E-state index contributed by atoms with van der Waals surface area (Å²) in [6, 6.07) is 7.59. The van der Waals surface area contributed by atoms with E-state index < -0.39 is 26.7 Å². The predicted octanol–water partition coefficient (Wildman–Crippen LogP) is 4.38. The molecule has 3 rings (SSSR count). The third kappa shape index (κ3) is 5.55. The van der Waals surface area contributed by atoms with Crippen molar-refractivity contribution in [2.24, 2.45) is 5.92 Å². The van der Waals surface area contributed by atoms with Gasteiger partial charge in [-0.3, -0.25) is 4.79 Å². The monoisotopic (exact) mass is 472 g/mol. The number of piperidine rings is 1. The maximum absolute atomic E-state index is 13.0. The van der Waals surface area contributed by atoms with Crippen LogP contribution in [0.25, 0.3) is 0 Å². The molecule has 0 atom stereocenters. The Morgan fingerprint density at radius 1 is 1.23 bits per heavy atom. The van der Waals surface area contributed by atoms with Gasteiger partial charge in [0.1, 0.15) is 0 Å². The Morgan fingerprint density at radius 3 is 2.52 bits per heavy atom. The highest BCUT2D eigenvalue weighted by Gasteiger charge is 2.36. The first kappa shape index (κ1) is 23.5. The Hall–Kier alpha value is -2.17. The summed E-state index contributed by atoms with van der Waals surface area (Å²) < 4.78 is 65.7. The summed E-state index contributed by atoms with van der Waals surface area (Å²) in [6.45, 7) is 4.71. The highest BCUT2D eigenvalue weighted by atomic mass is 32.2. The summed E-state index contributed by atoms with van der Waals surface area (Å²) in [5, 5.41) is 1.93. The minimum Gasteiger partial charge on any atom is -0.334 e. The van der Waals surface area contributed by atoms with Crippen LogP contribution >= 0.6 is 11.3 Å². The SMILES string of the molecule is C=CCN(Cc1cccs1)C(=O)C1CCN(S(=O)(=O)c2cccc(C(F)(F)F)c2)CC1. The second-order valence-corrected chi connectivity index (χ2v) is 10.3. The molecule has 0 bridgehead atoms. The van der Waals surface area contributed by atoms with E-state index in [4.69, 9.17) is 0 Å². The zero-order valence-electron chi connectivity index (χ0n) is 16.7. The van der Waals surface area contributed by atoms with Crippen LogP contribution in [0.15, 0.2) is 59.3 Å². The standard InChI is InChI=1S/C21H23F3N2O3S2/c1-2-10-25(15-18-6-4-13-30-18)20(27)16-8-11-26(12-9-16)31(28,29)19-7-3-5-17(14-19)21(22,23)24/h2-7,13-14,16H,1,8-12,15H2. The van der Waals surface area contributed by atoms with Crippen molar-refractivity contribution in [2.75, 3.05) is 19.6 Å². The minimum atomic E-state index is -4.62. The van der Waals surface area contributed by atoms with Crippen LogP contribution in [-0.2, 0) is 27.5 Å². The Labute approximate surface area is 183 Å². The van der Waals surface area contributed by atoms with E-state index in [0.29, 0.717) is 32.0 Å². The third-order valence-corrected chi connectivity index (χ3v) is 7.95. The summed E-state index contributed by atoms with van der Waals surface area (Å²) in [5.74, 6) is -0.405. The predicted molar refractivity (Wildman–Crippen MR) is 113 cm³/mol. The van der Waals surface area contributed by atoms with Crippen molar-refractivity contribution in [1.29, 1.82) is 0 Å². The average Bonchev–Trinajstić information content (AvgIpc) is 3.26. The number of carbonyl (C=O) groups excluding carboxylic acids is 1. The molecule has 0 saturated carbocycles. The molecule has 0 N–H and O–H groups in total. The van der Waals surface area contributed by atoms with Gasteiger partial charge in [0, 0.05) is 30.4 Å². The van der Waals surface area contributed by atoms with Crippen LogP contribution in [0.1, 0.15) is 23.3 Å². The molecule has 2 aromatic rings. The zero-order chi connectivity index (χ0) is 22.6. The first-order valence-corrected chi connectivity index (χ1v) is 12.0. The van der Waals surface area contributed by atoms with Crippen LogP contribution in [0, 0.1) is 5.92 Å². The van der Waals surface area contributed by atoms with E-state index in [0.717, 1.165) is 27.4 Å². The number of benzene rings is 1. The number of alkyl halides is 3. The largest absolute Gasteiger partial charge is 0.416 e. The minimum absolute atomic E-state index is 0.0654. The van der Waals surface area contributed by atoms with Crippen LogP contribution in [-0.4, -0.2) is 43.2 Å². The number of sulfonamides is 1. The van der Waals surface area contributed by atoms with Gasteiger partial charge in [-0.05, 0) is 42.5 Å². The fourth-order valence-corrected chi connectivity index (χ4v) is 5.80. The molecular weight excluding hydrogens is 449 g/mol. The van der Waals surface area contributed by atoms with E-state index in [-0.39, 0.29) is 24.9 Å². The molecule has 31 heavy (non-hydrogen) atoms. The molecule has 0 aliphatic carbocycles. The van der Waals surface area contributed by atoms with E-state index in [2.05, 4.69) is 6.58 Å². The van der Waals surface area contributed by atoms with Gasteiger partial charge in [0.05, 0.1) is 17.0 Å². The van der Waals surface area contributed by atoms with Crippen LogP contribution in [0.2, 0.25) is 0 Å². The molecule has 1 saturated heterocycles. The van der Waals surface area contributed by atoms with Gasteiger partial charge in [-0.15, -0.1) is 17.9 Å². The van der Waals surface area contributed by atoms with Gasteiger partial charge in [0.25, 0.3) is 0 Å².